The summed E-state index contributed by atoms with van der Waals surface area (Å²) in [6.45, 7) is 4.56. The molecule has 2 atom stereocenters. The summed E-state index contributed by atoms with van der Waals surface area (Å²) in [5.74, 6) is 0.150. The zero-order valence-electron chi connectivity index (χ0n) is 9.58. The maximum atomic E-state index is 13.6. The van der Waals surface area contributed by atoms with Crippen LogP contribution in [-0.2, 0) is 0 Å². The van der Waals surface area contributed by atoms with Crippen LogP contribution in [0.15, 0.2) is 22.7 Å². The molecule has 0 spiro atoms. The van der Waals surface area contributed by atoms with E-state index in [4.69, 9.17) is 11.5 Å². The van der Waals surface area contributed by atoms with Gasteiger partial charge in [-0.15, -0.1) is 0 Å². The molecule has 0 heterocycles. The molecule has 2 nitrogen and oxygen atoms in total. The van der Waals surface area contributed by atoms with E-state index in [9.17, 15) is 4.39 Å². The Labute approximate surface area is 104 Å². The van der Waals surface area contributed by atoms with Gasteiger partial charge in [-0.3, -0.25) is 0 Å². The highest BCUT2D eigenvalue weighted by Gasteiger charge is 2.23. The van der Waals surface area contributed by atoms with Crippen LogP contribution in [0.1, 0.15) is 25.5 Å². The summed E-state index contributed by atoms with van der Waals surface area (Å²) in [5, 5.41) is 0. The van der Waals surface area contributed by atoms with Crippen LogP contribution in [0.25, 0.3) is 0 Å². The molecule has 0 amide bonds. The Hall–Kier alpha value is -0.450. The average molecular weight is 289 g/mol. The highest BCUT2D eigenvalue weighted by Crippen LogP contribution is 2.28. The third kappa shape index (κ3) is 3.03. The van der Waals surface area contributed by atoms with Crippen LogP contribution in [0.5, 0.6) is 0 Å². The van der Waals surface area contributed by atoms with Gasteiger partial charge in [0.05, 0.1) is 0 Å². The maximum absolute atomic E-state index is 13.6. The predicted molar refractivity (Wildman–Crippen MR) is 68.4 cm³/mol. The summed E-state index contributed by atoms with van der Waals surface area (Å²) < 4.78 is 14.5. The fraction of sp³-hybridized carbons (Fsp3) is 0.500. The first-order chi connectivity index (χ1) is 7.47. The lowest BCUT2D eigenvalue weighted by Gasteiger charge is -2.26. The topological polar surface area (TPSA) is 52.0 Å². The van der Waals surface area contributed by atoms with Crippen LogP contribution in [0.4, 0.5) is 4.39 Å². The molecule has 1 rings (SSSR count). The molecule has 1 aromatic carbocycles. The molecule has 0 aliphatic carbocycles. The van der Waals surface area contributed by atoms with Crippen LogP contribution >= 0.6 is 15.9 Å². The van der Waals surface area contributed by atoms with Crippen molar-refractivity contribution in [3.63, 3.8) is 0 Å². The Bertz CT molecular complexity index is 355. The monoisotopic (exact) mass is 288 g/mol. The van der Waals surface area contributed by atoms with E-state index >= 15 is 0 Å². The highest BCUT2D eigenvalue weighted by molar-refractivity contribution is 9.10. The molecule has 90 valence electrons. The van der Waals surface area contributed by atoms with Gasteiger partial charge in [-0.25, -0.2) is 4.39 Å². The van der Waals surface area contributed by atoms with E-state index in [1.807, 2.05) is 13.8 Å². The fourth-order valence-corrected chi connectivity index (χ4v) is 2.21. The SMILES string of the molecule is CC(C)C(CN)C(N)c1cc(Br)ccc1F. The molecular formula is C12H18BrFN2. The molecule has 16 heavy (non-hydrogen) atoms. The Morgan fingerprint density at radius 2 is 2.00 bits per heavy atom. The van der Waals surface area contributed by atoms with Gasteiger partial charge in [-0.2, -0.15) is 0 Å². The molecule has 0 bridgehead atoms. The van der Waals surface area contributed by atoms with Crippen molar-refractivity contribution in [2.24, 2.45) is 23.3 Å². The number of halogens is 2. The Kier molecular flexibility index (Phi) is 4.89. The Morgan fingerprint density at radius 3 is 2.50 bits per heavy atom. The van der Waals surface area contributed by atoms with Crippen LogP contribution in [0.3, 0.4) is 0 Å². The lowest BCUT2D eigenvalue weighted by atomic mass is 9.85. The van der Waals surface area contributed by atoms with E-state index in [1.54, 1.807) is 12.1 Å². The second-order valence-electron chi connectivity index (χ2n) is 4.34. The van der Waals surface area contributed by atoms with Gasteiger partial charge in [0.1, 0.15) is 5.82 Å². The molecule has 0 radical (unpaired) electrons. The largest absolute Gasteiger partial charge is 0.330 e. The van der Waals surface area contributed by atoms with E-state index in [0.29, 0.717) is 18.0 Å². The zero-order valence-corrected chi connectivity index (χ0v) is 11.2. The van der Waals surface area contributed by atoms with Crippen molar-refractivity contribution in [1.29, 1.82) is 0 Å². The molecule has 4 heteroatoms. The van der Waals surface area contributed by atoms with Crippen molar-refractivity contribution in [3.05, 3.63) is 34.1 Å². The standard InChI is InChI=1S/C12H18BrFN2/c1-7(2)10(6-15)12(16)9-5-8(13)3-4-11(9)14/h3-5,7,10,12H,6,15-16H2,1-2H3. The minimum absolute atomic E-state index is 0.0869. The minimum atomic E-state index is -0.359. The highest BCUT2D eigenvalue weighted by atomic mass is 79.9. The summed E-state index contributed by atoms with van der Waals surface area (Å²) in [5.41, 5.74) is 12.3. The first-order valence-electron chi connectivity index (χ1n) is 5.38. The second-order valence-corrected chi connectivity index (χ2v) is 5.25. The molecular weight excluding hydrogens is 271 g/mol. The van der Waals surface area contributed by atoms with Gasteiger partial charge in [0.2, 0.25) is 0 Å². The Morgan fingerprint density at radius 1 is 1.38 bits per heavy atom. The van der Waals surface area contributed by atoms with Crippen LogP contribution in [0, 0.1) is 17.7 Å². The van der Waals surface area contributed by atoms with Gasteiger partial charge in [-0.1, -0.05) is 29.8 Å². The van der Waals surface area contributed by atoms with E-state index < -0.39 is 0 Å². The van der Waals surface area contributed by atoms with E-state index in [1.165, 1.54) is 6.07 Å². The van der Waals surface area contributed by atoms with Crippen molar-refractivity contribution >= 4 is 15.9 Å². The summed E-state index contributed by atoms with van der Waals surface area (Å²) in [7, 11) is 0. The first-order valence-corrected chi connectivity index (χ1v) is 6.17. The van der Waals surface area contributed by atoms with Crippen molar-refractivity contribution in [2.75, 3.05) is 6.54 Å². The van der Waals surface area contributed by atoms with Gasteiger partial charge in [-0.05, 0) is 36.6 Å². The number of benzene rings is 1. The van der Waals surface area contributed by atoms with Gasteiger partial charge in [0.15, 0.2) is 0 Å². The summed E-state index contributed by atoms with van der Waals surface area (Å²) in [6, 6.07) is 4.46. The second kappa shape index (κ2) is 5.75. The molecule has 0 aliphatic rings. The smallest absolute Gasteiger partial charge is 0.128 e. The van der Waals surface area contributed by atoms with Crippen molar-refractivity contribution in [1.82, 2.24) is 0 Å². The lowest BCUT2D eigenvalue weighted by Crippen LogP contribution is -2.32. The van der Waals surface area contributed by atoms with Crippen LogP contribution in [0.2, 0.25) is 0 Å². The molecule has 1 aromatic rings. The van der Waals surface area contributed by atoms with Crippen molar-refractivity contribution < 1.29 is 4.39 Å². The summed E-state index contributed by atoms with van der Waals surface area (Å²) in [6.07, 6.45) is 0. The predicted octanol–water partition coefficient (Wildman–Crippen LogP) is 2.82. The molecule has 2 unspecified atom stereocenters. The quantitative estimate of drug-likeness (QED) is 0.895. The van der Waals surface area contributed by atoms with Gasteiger partial charge >= 0.3 is 0 Å². The summed E-state index contributed by atoms with van der Waals surface area (Å²) >= 11 is 3.32. The number of hydrogen-bond donors (Lipinski definition) is 2. The van der Waals surface area contributed by atoms with Crippen LogP contribution in [-0.4, -0.2) is 6.54 Å². The van der Waals surface area contributed by atoms with Gasteiger partial charge in [0, 0.05) is 16.1 Å². The molecule has 0 aliphatic heterocycles. The third-order valence-corrected chi connectivity index (χ3v) is 3.40. The van der Waals surface area contributed by atoms with Crippen molar-refractivity contribution in [3.8, 4) is 0 Å². The minimum Gasteiger partial charge on any atom is -0.330 e. The van der Waals surface area contributed by atoms with Crippen LogP contribution < -0.4 is 11.5 Å². The number of nitrogens with two attached hydrogens (primary N) is 2. The molecule has 0 saturated carbocycles. The molecule has 0 saturated heterocycles. The van der Waals surface area contributed by atoms with E-state index in [2.05, 4.69) is 15.9 Å². The molecule has 0 aromatic heterocycles. The average Bonchev–Trinajstić information content (AvgIpc) is 2.22. The van der Waals surface area contributed by atoms with E-state index in [-0.39, 0.29) is 17.8 Å². The maximum Gasteiger partial charge on any atom is 0.128 e. The normalized spacial score (nSPS) is 15.2. The van der Waals surface area contributed by atoms with Gasteiger partial charge < -0.3 is 11.5 Å². The molecule has 0 fully saturated rings. The molecule has 4 N–H and O–H groups in total. The number of hydrogen-bond acceptors (Lipinski definition) is 2. The van der Waals surface area contributed by atoms with Crippen molar-refractivity contribution in [2.45, 2.75) is 19.9 Å². The Balaban J connectivity index is 3.02. The van der Waals surface area contributed by atoms with E-state index in [0.717, 1.165) is 4.47 Å². The fourth-order valence-electron chi connectivity index (χ4n) is 1.83. The first kappa shape index (κ1) is 13.6. The zero-order chi connectivity index (χ0) is 12.3. The van der Waals surface area contributed by atoms with Gasteiger partial charge in [0.25, 0.3) is 0 Å². The lowest BCUT2D eigenvalue weighted by molar-refractivity contribution is 0.325. The summed E-state index contributed by atoms with van der Waals surface area (Å²) in [4.78, 5) is 0. The number of rotatable bonds is 4. The third-order valence-electron chi connectivity index (χ3n) is 2.91.